The third-order valence-corrected chi connectivity index (χ3v) is 9.51. The third kappa shape index (κ3) is 2.75. The first-order valence-electron chi connectivity index (χ1n) is 8.35. The molecule has 0 saturated heterocycles. The van der Waals surface area contributed by atoms with Crippen molar-refractivity contribution in [3.8, 4) is 0 Å². The Bertz CT molecular complexity index is 429. The maximum Gasteiger partial charge on any atom is 0.161 e. The van der Waals surface area contributed by atoms with Crippen LogP contribution in [0, 0.1) is 0 Å². The second-order valence-electron chi connectivity index (χ2n) is 6.96. The van der Waals surface area contributed by atoms with E-state index in [1.165, 1.54) is 0 Å². The van der Waals surface area contributed by atoms with Gasteiger partial charge in [0.2, 0.25) is 0 Å². The van der Waals surface area contributed by atoms with Gasteiger partial charge in [0, 0.05) is 0 Å². The zero-order chi connectivity index (χ0) is 15.7. The molecule has 0 aromatic heterocycles. The molecule has 2 rings (SSSR count). The molecule has 0 aliphatic heterocycles. The molecule has 2 nitrogen and oxygen atoms in total. The molecule has 2 fully saturated rings. The Labute approximate surface area is 127 Å². The van der Waals surface area contributed by atoms with Crippen molar-refractivity contribution in [2.45, 2.75) is 99.9 Å². The lowest BCUT2D eigenvalue weighted by atomic mass is 9.84. The highest BCUT2D eigenvalue weighted by molar-refractivity contribution is 7.94. The van der Waals surface area contributed by atoms with E-state index in [4.69, 9.17) is 0 Å². The Morgan fingerprint density at radius 2 is 1.29 bits per heavy atom. The summed E-state index contributed by atoms with van der Waals surface area (Å²) in [6, 6.07) is 0. The van der Waals surface area contributed by atoms with Gasteiger partial charge in [-0.25, -0.2) is 17.2 Å². The number of sulfone groups is 1. The zero-order valence-electron chi connectivity index (χ0n) is 13.2. The van der Waals surface area contributed by atoms with Crippen LogP contribution in [0.2, 0.25) is 0 Å². The maximum atomic E-state index is 13.9. The average molecular weight is 322 g/mol. The summed E-state index contributed by atoms with van der Waals surface area (Å²) in [5.74, 6) is 0. The summed E-state index contributed by atoms with van der Waals surface area (Å²) in [4.78, 5) is 0. The highest BCUT2D eigenvalue weighted by Gasteiger charge is 2.57. The van der Waals surface area contributed by atoms with Crippen LogP contribution in [0.25, 0.3) is 0 Å². The monoisotopic (exact) mass is 322 g/mol. The topological polar surface area (TPSA) is 34.1 Å². The summed E-state index contributed by atoms with van der Waals surface area (Å²) in [6.45, 7) is 3.68. The molecule has 2 saturated carbocycles. The summed E-state index contributed by atoms with van der Waals surface area (Å²) in [5, 5.41) is 0. The Morgan fingerprint density at radius 1 is 0.905 bits per heavy atom. The molecule has 0 bridgehead atoms. The number of halogens is 2. The number of hydrogen-bond donors (Lipinski definition) is 0. The van der Waals surface area contributed by atoms with Crippen molar-refractivity contribution in [3.63, 3.8) is 0 Å². The minimum atomic E-state index is -3.55. The van der Waals surface area contributed by atoms with Crippen LogP contribution in [0.3, 0.4) is 0 Å². The van der Waals surface area contributed by atoms with Crippen LogP contribution < -0.4 is 0 Å². The van der Waals surface area contributed by atoms with Gasteiger partial charge in [0.05, 0.1) is 9.49 Å². The van der Waals surface area contributed by atoms with Crippen LogP contribution >= 0.6 is 0 Å². The van der Waals surface area contributed by atoms with Gasteiger partial charge >= 0.3 is 0 Å². The molecule has 0 radical (unpaired) electrons. The van der Waals surface area contributed by atoms with Gasteiger partial charge in [-0.1, -0.05) is 13.8 Å². The van der Waals surface area contributed by atoms with E-state index in [0.29, 0.717) is 51.4 Å². The summed E-state index contributed by atoms with van der Waals surface area (Å²) in [7, 11) is -3.55. The maximum absolute atomic E-state index is 13.9. The van der Waals surface area contributed by atoms with E-state index in [-0.39, 0.29) is 12.8 Å². The van der Waals surface area contributed by atoms with Crippen molar-refractivity contribution in [2.24, 2.45) is 0 Å². The van der Waals surface area contributed by atoms with E-state index in [1.807, 2.05) is 13.8 Å². The minimum Gasteiger partial charge on any atom is -0.247 e. The van der Waals surface area contributed by atoms with Gasteiger partial charge in [-0.05, 0) is 64.2 Å². The Morgan fingerprint density at radius 3 is 1.57 bits per heavy atom. The first-order valence-corrected chi connectivity index (χ1v) is 9.83. The SMILES string of the molecule is CCC1(S(=O)(=O)C2(CC)CCCC(F)C2)CCCC(F)C1. The fourth-order valence-electron chi connectivity index (χ4n) is 4.48. The standard InChI is InChI=1S/C16H28F2O2S/c1-3-15(9-5-7-13(17)11-15)21(19,20)16(4-2)10-6-8-14(18)12-16/h13-14H,3-12H2,1-2H3. The molecule has 0 N–H and O–H groups in total. The van der Waals surface area contributed by atoms with Crippen molar-refractivity contribution < 1.29 is 17.2 Å². The van der Waals surface area contributed by atoms with Gasteiger partial charge in [-0.2, -0.15) is 0 Å². The lowest BCUT2D eigenvalue weighted by Crippen LogP contribution is -2.55. The normalized spacial score (nSPS) is 41.9. The van der Waals surface area contributed by atoms with Gasteiger partial charge in [-0.15, -0.1) is 0 Å². The van der Waals surface area contributed by atoms with Gasteiger partial charge in [-0.3, -0.25) is 0 Å². The first kappa shape index (κ1) is 17.2. The smallest absolute Gasteiger partial charge is 0.161 e. The van der Waals surface area contributed by atoms with Crippen LogP contribution in [-0.4, -0.2) is 30.3 Å². The van der Waals surface area contributed by atoms with Crippen LogP contribution in [-0.2, 0) is 9.84 Å². The molecule has 2 aliphatic carbocycles. The molecule has 0 aromatic carbocycles. The Kier molecular flexibility index (Phi) is 5.01. The van der Waals surface area contributed by atoms with Gasteiger partial charge in [0.25, 0.3) is 0 Å². The first-order chi connectivity index (χ1) is 9.82. The second-order valence-corrected chi connectivity index (χ2v) is 9.70. The molecule has 4 atom stereocenters. The van der Waals surface area contributed by atoms with E-state index in [2.05, 4.69) is 0 Å². The van der Waals surface area contributed by atoms with Crippen molar-refractivity contribution in [1.29, 1.82) is 0 Å². The molecule has 5 heteroatoms. The second kappa shape index (κ2) is 6.13. The van der Waals surface area contributed by atoms with E-state index in [9.17, 15) is 17.2 Å². The minimum absolute atomic E-state index is 0.102. The van der Waals surface area contributed by atoms with Gasteiger partial charge in [0.15, 0.2) is 9.84 Å². The number of rotatable bonds is 4. The van der Waals surface area contributed by atoms with E-state index >= 15 is 0 Å². The lowest BCUT2D eigenvalue weighted by Gasteiger charge is -2.47. The van der Waals surface area contributed by atoms with Crippen molar-refractivity contribution in [3.05, 3.63) is 0 Å². The van der Waals surface area contributed by atoms with Crippen LogP contribution in [0.15, 0.2) is 0 Å². The Balaban J connectivity index is 2.42. The van der Waals surface area contributed by atoms with E-state index < -0.39 is 31.7 Å². The fraction of sp³-hybridized carbons (Fsp3) is 1.00. The largest absolute Gasteiger partial charge is 0.247 e. The summed E-state index contributed by atoms with van der Waals surface area (Å²) in [5.41, 5.74) is 0. The van der Waals surface area contributed by atoms with Gasteiger partial charge < -0.3 is 0 Å². The van der Waals surface area contributed by atoms with Crippen LogP contribution in [0.5, 0.6) is 0 Å². The highest BCUT2D eigenvalue weighted by atomic mass is 32.2. The Hall–Kier alpha value is -0.190. The molecule has 0 amide bonds. The zero-order valence-corrected chi connectivity index (χ0v) is 14.0. The lowest BCUT2D eigenvalue weighted by molar-refractivity contribution is 0.186. The number of alkyl halides is 2. The fourth-order valence-corrected chi connectivity index (χ4v) is 7.78. The van der Waals surface area contributed by atoms with Gasteiger partial charge in [0.1, 0.15) is 12.3 Å². The summed E-state index contributed by atoms with van der Waals surface area (Å²) >= 11 is 0. The predicted molar refractivity (Wildman–Crippen MR) is 81.7 cm³/mol. The number of hydrogen-bond acceptors (Lipinski definition) is 2. The summed E-state index contributed by atoms with van der Waals surface area (Å²) < 4.78 is 52.7. The molecule has 21 heavy (non-hydrogen) atoms. The highest BCUT2D eigenvalue weighted by Crippen LogP contribution is 2.50. The van der Waals surface area contributed by atoms with E-state index in [0.717, 1.165) is 0 Å². The molecule has 2 aliphatic rings. The quantitative estimate of drug-likeness (QED) is 0.762. The molecule has 0 aromatic rings. The van der Waals surface area contributed by atoms with Crippen molar-refractivity contribution in [2.75, 3.05) is 0 Å². The molecular formula is C16H28F2O2S. The predicted octanol–water partition coefficient (Wildman–Crippen LogP) is 4.52. The van der Waals surface area contributed by atoms with Crippen molar-refractivity contribution >= 4 is 9.84 Å². The molecule has 0 spiro atoms. The molecule has 4 unspecified atom stereocenters. The van der Waals surface area contributed by atoms with Crippen LogP contribution in [0.1, 0.15) is 78.1 Å². The molecular weight excluding hydrogens is 294 g/mol. The molecule has 0 heterocycles. The van der Waals surface area contributed by atoms with E-state index in [1.54, 1.807) is 0 Å². The average Bonchev–Trinajstić information content (AvgIpc) is 2.46. The van der Waals surface area contributed by atoms with Crippen molar-refractivity contribution in [1.82, 2.24) is 0 Å². The van der Waals surface area contributed by atoms with Crippen LogP contribution in [0.4, 0.5) is 8.78 Å². The third-order valence-electron chi connectivity index (χ3n) is 5.92. The molecule has 124 valence electrons. The summed E-state index contributed by atoms with van der Waals surface area (Å²) in [6.07, 6.45) is 2.23.